The molecule has 2 aromatic rings. The zero-order valence-electron chi connectivity index (χ0n) is 20.9. The Balaban J connectivity index is 1.38. The van der Waals surface area contributed by atoms with Crippen LogP contribution < -0.4 is 5.32 Å². The van der Waals surface area contributed by atoms with Crippen LogP contribution in [0.2, 0.25) is 5.02 Å². The molecule has 1 N–H and O–H groups in total. The highest BCUT2D eigenvalue weighted by Gasteiger charge is 2.26. The molecule has 1 amide bonds. The Morgan fingerprint density at radius 3 is 2.11 bits per heavy atom. The number of halogens is 1. The Morgan fingerprint density at radius 1 is 0.914 bits per heavy atom. The topological polar surface area (TPSA) is 72.5 Å². The first-order chi connectivity index (χ1) is 16.6. The lowest BCUT2D eigenvalue weighted by Gasteiger charge is -2.29. The fraction of sp³-hybridized carbons (Fsp3) is 0.483. The summed E-state index contributed by atoms with van der Waals surface area (Å²) >= 11 is 5.85. The maximum Gasteiger partial charge on any atom is 0.306 e. The summed E-state index contributed by atoms with van der Waals surface area (Å²) in [6, 6.07) is 14.7. The molecule has 0 spiro atoms. The lowest BCUT2D eigenvalue weighted by Crippen LogP contribution is -2.26. The predicted molar refractivity (Wildman–Crippen MR) is 139 cm³/mol. The first-order valence-corrected chi connectivity index (χ1v) is 12.9. The second-order valence-electron chi connectivity index (χ2n) is 10.4. The molecular weight excluding hydrogens is 462 g/mol. The molecule has 35 heavy (non-hydrogen) atoms. The van der Waals surface area contributed by atoms with Gasteiger partial charge in [0.1, 0.15) is 5.60 Å². The Labute approximate surface area is 213 Å². The van der Waals surface area contributed by atoms with E-state index in [0.29, 0.717) is 53.8 Å². The van der Waals surface area contributed by atoms with Gasteiger partial charge in [0.15, 0.2) is 5.78 Å². The number of nitrogens with one attached hydrogen (secondary N) is 1. The normalized spacial score (nSPS) is 18.1. The molecule has 0 aromatic heterocycles. The van der Waals surface area contributed by atoms with Crippen molar-refractivity contribution in [3.63, 3.8) is 0 Å². The maximum absolute atomic E-state index is 12.6. The molecule has 5 nitrogen and oxygen atoms in total. The Kier molecular flexibility index (Phi) is 9.50. The predicted octanol–water partition coefficient (Wildman–Crippen LogP) is 6.74. The number of hydrogen-bond acceptors (Lipinski definition) is 4. The molecule has 1 fully saturated rings. The van der Waals surface area contributed by atoms with E-state index in [9.17, 15) is 14.4 Å². The zero-order valence-corrected chi connectivity index (χ0v) is 21.7. The molecule has 0 heterocycles. The number of amides is 1. The Morgan fingerprint density at radius 2 is 1.51 bits per heavy atom. The van der Waals surface area contributed by atoms with E-state index >= 15 is 0 Å². The monoisotopic (exact) mass is 497 g/mol. The van der Waals surface area contributed by atoms with Crippen LogP contribution in [0.3, 0.4) is 0 Å². The van der Waals surface area contributed by atoms with E-state index in [0.717, 1.165) is 25.7 Å². The molecule has 6 heteroatoms. The summed E-state index contributed by atoms with van der Waals surface area (Å²) in [5.74, 6) is 0.672. The van der Waals surface area contributed by atoms with Gasteiger partial charge in [0.25, 0.3) is 5.91 Å². The van der Waals surface area contributed by atoms with Crippen molar-refractivity contribution < 1.29 is 19.1 Å². The second kappa shape index (κ2) is 12.3. The summed E-state index contributed by atoms with van der Waals surface area (Å²) in [5, 5.41) is 3.43. The van der Waals surface area contributed by atoms with Crippen molar-refractivity contribution in [3.05, 3.63) is 70.2 Å². The molecule has 3 rings (SSSR count). The third kappa shape index (κ3) is 8.81. The molecule has 0 saturated heterocycles. The van der Waals surface area contributed by atoms with Gasteiger partial charge in [-0.3, -0.25) is 14.4 Å². The first kappa shape index (κ1) is 26.9. The SMILES string of the molecule is CC(C)(C)OC(=O)CC1CCC(c2ccc(C(=O)CCCNC(=O)c3ccc(Cl)cc3)cc2)CC1. The van der Waals surface area contributed by atoms with Crippen LogP contribution in [0.15, 0.2) is 48.5 Å². The standard InChI is InChI=1S/C29H36ClNO4/c1-29(2,3)35-27(33)19-20-6-8-21(9-7-20)22-10-12-23(13-11-22)26(32)5-4-18-31-28(34)24-14-16-25(30)17-15-24/h10-17,20-21H,4-9,18-19H2,1-3H3,(H,31,34). The van der Waals surface area contributed by atoms with Crippen molar-refractivity contribution in [1.82, 2.24) is 5.32 Å². The molecule has 0 aliphatic heterocycles. The molecular formula is C29H36ClNO4. The maximum atomic E-state index is 12.6. The van der Waals surface area contributed by atoms with E-state index < -0.39 is 5.60 Å². The van der Waals surface area contributed by atoms with Crippen LogP contribution in [-0.4, -0.2) is 29.8 Å². The summed E-state index contributed by atoms with van der Waals surface area (Å²) in [6.45, 7) is 6.14. The van der Waals surface area contributed by atoms with Gasteiger partial charge in [0.2, 0.25) is 0 Å². The minimum Gasteiger partial charge on any atom is -0.460 e. The van der Waals surface area contributed by atoms with Gasteiger partial charge in [-0.2, -0.15) is 0 Å². The van der Waals surface area contributed by atoms with Gasteiger partial charge in [-0.1, -0.05) is 35.9 Å². The number of esters is 1. The number of hydrogen-bond donors (Lipinski definition) is 1. The third-order valence-electron chi connectivity index (χ3n) is 6.40. The van der Waals surface area contributed by atoms with E-state index in [4.69, 9.17) is 16.3 Å². The van der Waals surface area contributed by atoms with Crippen molar-refractivity contribution in [3.8, 4) is 0 Å². The number of carbonyl (C=O) groups is 3. The van der Waals surface area contributed by atoms with Gasteiger partial charge in [0, 0.05) is 35.5 Å². The summed E-state index contributed by atoms with van der Waals surface area (Å²) in [5.41, 5.74) is 2.08. The fourth-order valence-corrected chi connectivity index (χ4v) is 4.68. The molecule has 0 atom stereocenters. The largest absolute Gasteiger partial charge is 0.460 e. The Hall–Kier alpha value is -2.66. The summed E-state index contributed by atoms with van der Waals surface area (Å²) < 4.78 is 5.46. The average molecular weight is 498 g/mol. The highest BCUT2D eigenvalue weighted by molar-refractivity contribution is 6.30. The van der Waals surface area contributed by atoms with E-state index in [-0.39, 0.29) is 17.7 Å². The van der Waals surface area contributed by atoms with Gasteiger partial charge >= 0.3 is 5.97 Å². The van der Waals surface area contributed by atoms with E-state index in [1.54, 1.807) is 24.3 Å². The number of benzene rings is 2. The van der Waals surface area contributed by atoms with Crippen molar-refractivity contribution in [2.75, 3.05) is 6.54 Å². The number of carbonyl (C=O) groups excluding carboxylic acids is 3. The van der Waals surface area contributed by atoms with Crippen LogP contribution in [0.4, 0.5) is 0 Å². The van der Waals surface area contributed by atoms with Crippen LogP contribution in [-0.2, 0) is 9.53 Å². The lowest BCUT2D eigenvalue weighted by molar-refractivity contribution is -0.156. The summed E-state index contributed by atoms with van der Waals surface area (Å²) in [7, 11) is 0. The number of ketones is 1. The van der Waals surface area contributed by atoms with Crippen LogP contribution in [0.1, 0.15) is 97.9 Å². The van der Waals surface area contributed by atoms with Gasteiger partial charge in [-0.25, -0.2) is 0 Å². The third-order valence-corrected chi connectivity index (χ3v) is 6.65. The highest BCUT2D eigenvalue weighted by atomic mass is 35.5. The quantitative estimate of drug-likeness (QED) is 0.236. The number of rotatable bonds is 9. The molecule has 1 saturated carbocycles. The fourth-order valence-electron chi connectivity index (χ4n) is 4.56. The number of Topliss-reactive ketones (excluding diaryl/α,β-unsaturated/α-hetero) is 1. The van der Waals surface area contributed by atoms with Crippen LogP contribution in [0.25, 0.3) is 0 Å². The summed E-state index contributed by atoms with van der Waals surface area (Å²) in [6.07, 6.45) is 5.61. The smallest absolute Gasteiger partial charge is 0.306 e. The van der Waals surface area contributed by atoms with Gasteiger partial charge in [-0.05, 0) is 94.5 Å². The van der Waals surface area contributed by atoms with Crippen LogP contribution >= 0.6 is 11.6 Å². The van der Waals surface area contributed by atoms with Gasteiger partial charge < -0.3 is 10.1 Å². The minimum absolute atomic E-state index is 0.0818. The molecule has 2 aromatic carbocycles. The van der Waals surface area contributed by atoms with Crippen LogP contribution in [0, 0.1) is 5.92 Å². The zero-order chi connectivity index (χ0) is 25.4. The Bertz CT molecular complexity index is 1000. The van der Waals surface area contributed by atoms with E-state index in [1.165, 1.54) is 5.56 Å². The van der Waals surface area contributed by atoms with Crippen molar-refractivity contribution >= 4 is 29.3 Å². The average Bonchev–Trinajstić information content (AvgIpc) is 2.81. The van der Waals surface area contributed by atoms with Crippen LogP contribution in [0.5, 0.6) is 0 Å². The number of ether oxygens (including phenoxy) is 1. The molecule has 188 valence electrons. The highest BCUT2D eigenvalue weighted by Crippen LogP contribution is 2.37. The molecule has 0 unspecified atom stereocenters. The molecule has 1 aliphatic rings. The van der Waals surface area contributed by atoms with Crippen molar-refractivity contribution in [2.45, 2.75) is 77.2 Å². The van der Waals surface area contributed by atoms with Gasteiger partial charge in [0.05, 0.1) is 0 Å². The van der Waals surface area contributed by atoms with Gasteiger partial charge in [-0.15, -0.1) is 0 Å². The van der Waals surface area contributed by atoms with Crippen molar-refractivity contribution in [1.29, 1.82) is 0 Å². The van der Waals surface area contributed by atoms with Crippen molar-refractivity contribution in [2.24, 2.45) is 5.92 Å². The summed E-state index contributed by atoms with van der Waals surface area (Å²) in [4.78, 5) is 36.8. The second-order valence-corrected chi connectivity index (χ2v) is 10.9. The first-order valence-electron chi connectivity index (χ1n) is 12.5. The minimum atomic E-state index is -0.432. The van der Waals surface area contributed by atoms with E-state index in [2.05, 4.69) is 17.4 Å². The molecule has 0 bridgehead atoms. The lowest BCUT2D eigenvalue weighted by atomic mass is 9.77. The molecule has 1 aliphatic carbocycles. The molecule has 0 radical (unpaired) electrons. The van der Waals surface area contributed by atoms with E-state index in [1.807, 2.05) is 32.9 Å².